The lowest BCUT2D eigenvalue weighted by Crippen LogP contribution is -2.31. The molecule has 0 atom stereocenters. The summed E-state index contributed by atoms with van der Waals surface area (Å²) in [6.45, 7) is 5.37. The molecule has 4 heteroatoms. The van der Waals surface area contributed by atoms with Gasteiger partial charge in [-0.05, 0) is 6.92 Å². The molecule has 0 saturated carbocycles. The number of carbonyl (C=O) groups is 1. The maximum Gasteiger partial charge on any atom is 0.271 e. The van der Waals surface area contributed by atoms with Gasteiger partial charge < -0.3 is 10.1 Å². The second-order valence-electron chi connectivity index (χ2n) is 2.16. The van der Waals surface area contributed by atoms with Crippen LogP contribution >= 0.6 is 0 Å². The number of carbonyl (C=O) groups excluding carboxylic acids is 1. The van der Waals surface area contributed by atoms with Gasteiger partial charge in [-0.2, -0.15) is 0 Å². The molecule has 1 amide bonds. The van der Waals surface area contributed by atoms with E-state index in [2.05, 4.69) is 11.7 Å². The topological polar surface area (TPSA) is 52.9 Å². The van der Waals surface area contributed by atoms with E-state index in [9.17, 15) is 4.79 Å². The molecular formula is C7H12N2O2. The second kappa shape index (κ2) is 4.49. The van der Waals surface area contributed by atoms with Crippen LogP contribution in [-0.2, 0) is 4.79 Å². The Kier molecular flexibility index (Phi) is 3.95. The maximum absolute atomic E-state index is 11.1. The minimum Gasteiger partial charge on any atom is -0.410 e. The van der Waals surface area contributed by atoms with Crippen molar-refractivity contribution in [1.82, 2.24) is 4.90 Å². The van der Waals surface area contributed by atoms with Crippen molar-refractivity contribution in [3.63, 3.8) is 0 Å². The van der Waals surface area contributed by atoms with Crippen molar-refractivity contribution in [2.75, 3.05) is 13.6 Å². The van der Waals surface area contributed by atoms with Crippen LogP contribution in [0.2, 0.25) is 0 Å². The average molecular weight is 156 g/mol. The van der Waals surface area contributed by atoms with Crippen LogP contribution in [0.15, 0.2) is 17.8 Å². The first-order valence-electron chi connectivity index (χ1n) is 3.18. The summed E-state index contributed by atoms with van der Waals surface area (Å²) in [6.07, 6.45) is 1.60. The van der Waals surface area contributed by atoms with E-state index < -0.39 is 0 Å². The molecule has 11 heavy (non-hydrogen) atoms. The zero-order chi connectivity index (χ0) is 8.85. The number of oxime groups is 1. The van der Waals surface area contributed by atoms with E-state index in [1.807, 2.05) is 0 Å². The molecule has 0 aromatic heterocycles. The highest BCUT2D eigenvalue weighted by Gasteiger charge is 2.10. The number of amides is 1. The van der Waals surface area contributed by atoms with E-state index in [1.54, 1.807) is 13.1 Å². The molecule has 0 rings (SSSR count). The fraction of sp³-hybridized carbons (Fsp3) is 0.429. The van der Waals surface area contributed by atoms with Gasteiger partial charge in [0.05, 0.1) is 0 Å². The van der Waals surface area contributed by atoms with Gasteiger partial charge in [-0.15, -0.1) is 6.58 Å². The number of rotatable bonds is 3. The zero-order valence-electron chi connectivity index (χ0n) is 6.74. The Morgan fingerprint density at radius 2 is 2.36 bits per heavy atom. The first kappa shape index (κ1) is 9.68. The summed E-state index contributed by atoms with van der Waals surface area (Å²) in [7, 11) is 1.61. The van der Waals surface area contributed by atoms with Gasteiger partial charge in [0.15, 0.2) is 0 Å². The van der Waals surface area contributed by atoms with E-state index in [4.69, 9.17) is 5.21 Å². The van der Waals surface area contributed by atoms with Crippen molar-refractivity contribution in [1.29, 1.82) is 0 Å². The largest absolute Gasteiger partial charge is 0.410 e. The standard InChI is InChI=1S/C7H12N2O2/c1-4-5-9(3)7(10)6(2)8-11/h4,11H,1,5H2,2-3H3/b8-6-. The van der Waals surface area contributed by atoms with Gasteiger partial charge in [0, 0.05) is 13.6 Å². The summed E-state index contributed by atoms with van der Waals surface area (Å²) >= 11 is 0. The molecule has 0 heterocycles. The first-order valence-corrected chi connectivity index (χ1v) is 3.18. The quantitative estimate of drug-likeness (QED) is 0.279. The van der Waals surface area contributed by atoms with Gasteiger partial charge in [-0.1, -0.05) is 11.2 Å². The Balaban J connectivity index is 4.13. The van der Waals surface area contributed by atoms with Gasteiger partial charge in [0.1, 0.15) is 5.71 Å². The Morgan fingerprint density at radius 3 is 2.73 bits per heavy atom. The van der Waals surface area contributed by atoms with Crippen LogP contribution in [0.4, 0.5) is 0 Å². The predicted molar refractivity (Wildman–Crippen MR) is 42.7 cm³/mol. The third kappa shape index (κ3) is 2.84. The van der Waals surface area contributed by atoms with Crippen LogP contribution < -0.4 is 0 Å². The highest BCUT2D eigenvalue weighted by atomic mass is 16.4. The molecule has 62 valence electrons. The number of nitrogens with zero attached hydrogens (tertiary/aromatic N) is 2. The van der Waals surface area contributed by atoms with Crippen LogP contribution in [0.5, 0.6) is 0 Å². The Morgan fingerprint density at radius 1 is 1.82 bits per heavy atom. The van der Waals surface area contributed by atoms with Gasteiger partial charge in [0.2, 0.25) is 0 Å². The summed E-state index contributed by atoms with van der Waals surface area (Å²) in [5.74, 6) is -0.299. The van der Waals surface area contributed by atoms with E-state index in [-0.39, 0.29) is 11.6 Å². The molecule has 0 saturated heterocycles. The van der Waals surface area contributed by atoms with E-state index in [0.717, 1.165) is 0 Å². The average Bonchev–Trinajstić information content (AvgIpc) is 2.02. The van der Waals surface area contributed by atoms with Gasteiger partial charge in [0.25, 0.3) is 5.91 Å². The minimum absolute atomic E-state index is 0.0781. The van der Waals surface area contributed by atoms with Crippen molar-refractivity contribution < 1.29 is 10.0 Å². The lowest BCUT2D eigenvalue weighted by molar-refractivity contribution is -0.122. The van der Waals surface area contributed by atoms with Crippen molar-refractivity contribution in [2.45, 2.75) is 6.92 Å². The fourth-order valence-corrected chi connectivity index (χ4v) is 0.596. The monoisotopic (exact) mass is 156 g/mol. The highest BCUT2D eigenvalue weighted by molar-refractivity contribution is 6.37. The smallest absolute Gasteiger partial charge is 0.271 e. The highest BCUT2D eigenvalue weighted by Crippen LogP contribution is 1.87. The normalized spacial score (nSPS) is 10.9. The first-order chi connectivity index (χ1) is 5.13. The number of hydrogen-bond donors (Lipinski definition) is 1. The molecule has 0 aliphatic carbocycles. The van der Waals surface area contributed by atoms with Gasteiger partial charge in [-0.25, -0.2) is 0 Å². The molecule has 0 unspecified atom stereocenters. The summed E-state index contributed by atoms with van der Waals surface area (Å²) in [5.41, 5.74) is 0.0781. The lowest BCUT2D eigenvalue weighted by Gasteiger charge is -2.12. The molecule has 1 N–H and O–H groups in total. The molecule has 0 aliphatic heterocycles. The summed E-state index contributed by atoms with van der Waals surface area (Å²) < 4.78 is 0. The molecular weight excluding hydrogens is 144 g/mol. The Labute approximate surface area is 65.8 Å². The number of likely N-dealkylation sites (N-methyl/N-ethyl adjacent to an activating group) is 1. The van der Waals surface area contributed by atoms with Crippen molar-refractivity contribution in [2.24, 2.45) is 5.16 Å². The summed E-state index contributed by atoms with van der Waals surface area (Å²) in [6, 6.07) is 0. The Bertz CT molecular complexity index is 187. The minimum atomic E-state index is -0.299. The third-order valence-electron chi connectivity index (χ3n) is 1.21. The van der Waals surface area contributed by atoms with E-state index in [1.165, 1.54) is 11.8 Å². The molecule has 4 nitrogen and oxygen atoms in total. The van der Waals surface area contributed by atoms with Gasteiger partial charge >= 0.3 is 0 Å². The van der Waals surface area contributed by atoms with Crippen LogP contribution in [0, 0.1) is 0 Å². The molecule has 0 aromatic carbocycles. The van der Waals surface area contributed by atoms with Crippen LogP contribution in [-0.4, -0.2) is 35.3 Å². The summed E-state index contributed by atoms with van der Waals surface area (Å²) in [4.78, 5) is 12.5. The van der Waals surface area contributed by atoms with Crippen LogP contribution in [0.25, 0.3) is 0 Å². The molecule has 0 aromatic rings. The third-order valence-corrected chi connectivity index (χ3v) is 1.21. The van der Waals surface area contributed by atoms with Gasteiger partial charge in [-0.3, -0.25) is 4.79 Å². The van der Waals surface area contributed by atoms with E-state index in [0.29, 0.717) is 6.54 Å². The molecule has 0 spiro atoms. The lowest BCUT2D eigenvalue weighted by atomic mass is 10.3. The molecule has 0 radical (unpaired) electrons. The Hall–Kier alpha value is -1.32. The predicted octanol–water partition coefficient (Wildman–Crippen LogP) is 0.481. The van der Waals surface area contributed by atoms with Crippen molar-refractivity contribution in [3.8, 4) is 0 Å². The fourth-order valence-electron chi connectivity index (χ4n) is 0.596. The van der Waals surface area contributed by atoms with Crippen molar-refractivity contribution >= 4 is 11.6 Å². The number of hydrogen-bond acceptors (Lipinski definition) is 3. The zero-order valence-corrected chi connectivity index (χ0v) is 6.74. The SMILES string of the molecule is C=CCN(C)C(=O)/C(C)=N\O. The molecule has 0 fully saturated rings. The summed E-state index contributed by atoms with van der Waals surface area (Å²) in [5, 5.41) is 11.0. The second-order valence-corrected chi connectivity index (χ2v) is 2.16. The van der Waals surface area contributed by atoms with Crippen LogP contribution in [0.3, 0.4) is 0 Å². The molecule has 0 bridgehead atoms. The maximum atomic E-state index is 11.1. The van der Waals surface area contributed by atoms with Crippen LogP contribution in [0.1, 0.15) is 6.92 Å². The molecule has 0 aliphatic rings. The van der Waals surface area contributed by atoms with Crippen molar-refractivity contribution in [3.05, 3.63) is 12.7 Å². The van der Waals surface area contributed by atoms with E-state index >= 15 is 0 Å².